The molecule has 0 bridgehead atoms. The van der Waals surface area contributed by atoms with E-state index in [9.17, 15) is 34.8 Å². The number of primary amides is 1. The van der Waals surface area contributed by atoms with E-state index in [1.165, 1.54) is 17.4 Å². The number of carbonyl (C=O) groups excluding carboxylic acids is 3. The fourth-order valence-corrected chi connectivity index (χ4v) is 8.06. The van der Waals surface area contributed by atoms with Gasteiger partial charge in [-0.15, -0.1) is 0 Å². The number of ketones is 2. The summed E-state index contributed by atoms with van der Waals surface area (Å²) < 4.78 is 0. The van der Waals surface area contributed by atoms with Crippen LogP contribution in [0.4, 0.5) is 0 Å². The summed E-state index contributed by atoms with van der Waals surface area (Å²) in [5, 5.41) is 45.6. The number of aliphatic hydroxyl groups is 3. The summed E-state index contributed by atoms with van der Waals surface area (Å²) in [5.41, 5.74) is 2.73. The number of fused-ring (bicyclic) bond motifs is 3. The lowest BCUT2D eigenvalue weighted by Crippen LogP contribution is -2.63. The minimum absolute atomic E-state index is 0.0154. The molecule has 0 spiro atoms. The number of rotatable bonds is 8. The number of phenols is 1. The molecule has 3 aliphatic carbocycles. The summed E-state index contributed by atoms with van der Waals surface area (Å²) in [6.45, 7) is 7.27. The normalized spacial score (nSPS) is 29.4. The molecule has 12 heteroatoms. The van der Waals surface area contributed by atoms with Crippen LogP contribution in [0.15, 0.2) is 28.7 Å². The quantitative estimate of drug-likeness (QED) is 0.274. The highest BCUT2D eigenvalue weighted by molar-refractivity contribution is 6.33. The first-order valence-corrected chi connectivity index (χ1v) is 15.3. The van der Waals surface area contributed by atoms with Gasteiger partial charge < -0.3 is 26.2 Å². The molecule has 1 unspecified atom stereocenters. The van der Waals surface area contributed by atoms with Gasteiger partial charge in [-0.2, -0.15) is 0 Å². The molecular formula is C31H41ClN4O7. The van der Waals surface area contributed by atoms with Crippen molar-refractivity contribution in [2.45, 2.75) is 70.2 Å². The van der Waals surface area contributed by atoms with Crippen LogP contribution in [0.2, 0.25) is 5.02 Å². The average Bonchev–Trinajstić information content (AvgIpc) is 3.39. The van der Waals surface area contributed by atoms with Crippen LogP contribution in [-0.4, -0.2) is 104 Å². The van der Waals surface area contributed by atoms with Gasteiger partial charge in [0, 0.05) is 29.1 Å². The lowest BCUT2D eigenvalue weighted by atomic mass is 9.58. The molecule has 0 aromatic heterocycles. The SMILES string of the molecule is CCC1CCCN1CN(CC)Cc1cc(O)c2c(c1Cl)C[C@H]1C[C@H]3[C@H](N(C)C)C(O)=C(C(N)=O)C(=O)[C@@]3(O)C(O)=C1C2=O. The van der Waals surface area contributed by atoms with Crippen LogP contribution in [0.3, 0.4) is 0 Å². The van der Waals surface area contributed by atoms with Gasteiger partial charge in [-0.1, -0.05) is 25.4 Å². The standard InChI is InChI=1S/C31H41ClN4O7/c1-5-17-8-7-9-36(17)14-35(6-2)13-16-12-20(37)22-18(24(16)32)10-15-11-19-25(34(3)4)27(39)23(30(33)42)29(41)31(19,43)28(40)21(15)26(22)38/h12,15,17,19,25,37,39-40,43H,5-11,13-14H2,1-4H3,(H2,33,42)/t15-,17?,19-,25-,31-/m0/s1. The molecule has 1 fully saturated rings. The van der Waals surface area contributed by atoms with Crippen LogP contribution >= 0.6 is 11.6 Å². The van der Waals surface area contributed by atoms with Crippen molar-refractivity contribution < 1.29 is 34.8 Å². The van der Waals surface area contributed by atoms with E-state index in [2.05, 4.69) is 23.6 Å². The highest BCUT2D eigenvalue weighted by Crippen LogP contribution is 2.53. The number of benzene rings is 1. The Bertz CT molecular complexity index is 1440. The Morgan fingerprint density at radius 3 is 2.51 bits per heavy atom. The molecule has 1 amide bonds. The molecule has 11 nitrogen and oxygen atoms in total. The molecule has 1 aromatic rings. The molecule has 1 saturated heterocycles. The highest BCUT2D eigenvalue weighted by Gasteiger charge is 2.63. The molecule has 5 atom stereocenters. The molecule has 1 heterocycles. The number of Topliss-reactive ketones (excluding diaryl/α,β-unsaturated/α-hetero) is 2. The fraction of sp³-hybridized carbons (Fsp3) is 0.581. The van der Waals surface area contributed by atoms with E-state index in [0.29, 0.717) is 28.7 Å². The Morgan fingerprint density at radius 2 is 1.91 bits per heavy atom. The van der Waals surface area contributed by atoms with Gasteiger partial charge in [-0.05, 0) is 82.4 Å². The van der Waals surface area contributed by atoms with Gasteiger partial charge in [0.15, 0.2) is 11.4 Å². The second kappa shape index (κ2) is 11.5. The number of aliphatic hydroxyl groups excluding tert-OH is 2. The number of phenolic OH excluding ortho intramolecular Hbond substituents is 1. The number of hydrogen-bond acceptors (Lipinski definition) is 10. The van der Waals surface area contributed by atoms with Crippen molar-refractivity contribution >= 4 is 29.1 Å². The van der Waals surface area contributed by atoms with Gasteiger partial charge in [-0.3, -0.25) is 29.1 Å². The molecule has 6 N–H and O–H groups in total. The monoisotopic (exact) mass is 616 g/mol. The number of amides is 1. The topological polar surface area (TPSA) is 168 Å². The van der Waals surface area contributed by atoms with Crippen LogP contribution in [0.25, 0.3) is 0 Å². The van der Waals surface area contributed by atoms with E-state index in [4.69, 9.17) is 17.3 Å². The third-order valence-corrected chi connectivity index (χ3v) is 10.4. The minimum atomic E-state index is -2.67. The minimum Gasteiger partial charge on any atom is -0.510 e. The van der Waals surface area contributed by atoms with E-state index >= 15 is 0 Å². The maximum Gasteiger partial charge on any atom is 0.255 e. The number of nitrogens with zero attached hydrogens (tertiary/aromatic N) is 3. The largest absolute Gasteiger partial charge is 0.510 e. The highest BCUT2D eigenvalue weighted by atomic mass is 35.5. The molecule has 4 aliphatic rings. The van der Waals surface area contributed by atoms with Gasteiger partial charge >= 0.3 is 0 Å². The summed E-state index contributed by atoms with van der Waals surface area (Å²) in [5.74, 6) is -6.81. The Morgan fingerprint density at radius 1 is 1.21 bits per heavy atom. The summed E-state index contributed by atoms with van der Waals surface area (Å²) in [6.07, 6.45) is 3.59. The van der Waals surface area contributed by atoms with Gasteiger partial charge in [0.25, 0.3) is 5.91 Å². The first-order valence-electron chi connectivity index (χ1n) is 14.9. The molecule has 1 aliphatic heterocycles. The average molecular weight is 617 g/mol. The Hall–Kier alpha value is -2.96. The van der Waals surface area contributed by atoms with Crippen LogP contribution < -0.4 is 5.73 Å². The lowest BCUT2D eigenvalue weighted by Gasteiger charge is -2.50. The summed E-state index contributed by atoms with van der Waals surface area (Å²) in [4.78, 5) is 45.7. The molecule has 1 aromatic carbocycles. The number of allylic oxidation sites excluding steroid dienone is 1. The van der Waals surface area contributed by atoms with Crippen molar-refractivity contribution in [1.29, 1.82) is 0 Å². The molecule has 234 valence electrons. The smallest absolute Gasteiger partial charge is 0.255 e. The van der Waals surface area contributed by atoms with Crippen molar-refractivity contribution in [1.82, 2.24) is 14.7 Å². The number of carbonyl (C=O) groups is 3. The maximum absolute atomic E-state index is 13.9. The van der Waals surface area contributed by atoms with Crippen LogP contribution in [0.5, 0.6) is 5.75 Å². The Labute approximate surface area is 256 Å². The van der Waals surface area contributed by atoms with Gasteiger partial charge in [-0.25, -0.2) is 0 Å². The third kappa shape index (κ3) is 4.85. The van der Waals surface area contributed by atoms with Gasteiger partial charge in [0.1, 0.15) is 22.8 Å². The van der Waals surface area contributed by atoms with Crippen LogP contribution in [-0.2, 0) is 22.6 Å². The van der Waals surface area contributed by atoms with E-state index in [1.807, 2.05) is 0 Å². The second-order valence-electron chi connectivity index (χ2n) is 12.5. The zero-order chi connectivity index (χ0) is 31.5. The number of halogens is 1. The maximum atomic E-state index is 13.9. The zero-order valence-electron chi connectivity index (χ0n) is 25.1. The number of likely N-dealkylation sites (N-methyl/N-ethyl adjacent to an activating group) is 1. The molecule has 0 saturated carbocycles. The summed E-state index contributed by atoms with van der Waals surface area (Å²) >= 11 is 6.96. The fourth-order valence-electron chi connectivity index (χ4n) is 7.77. The molecule has 0 radical (unpaired) electrons. The van der Waals surface area contributed by atoms with Crippen molar-refractivity contribution in [3.63, 3.8) is 0 Å². The lowest BCUT2D eigenvalue weighted by molar-refractivity contribution is -0.148. The van der Waals surface area contributed by atoms with Crippen molar-refractivity contribution in [2.75, 3.05) is 33.9 Å². The predicted octanol–water partition coefficient (Wildman–Crippen LogP) is 2.43. The zero-order valence-corrected chi connectivity index (χ0v) is 25.8. The first-order chi connectivity index (χ1) is 20.3. The summed E-state index contributed by atoms with van der Waals surface area (Å²) in [7, 11) is 3.19. The van der Waals surface area contributed by atoms with E-state index < -0.39 is 58.0 Å². The van der Waals surface area contributed by atoms with Crippen LogP contribution in [0, 0.1) is 11.8 Å². The molecule has 43 heavy (non-hydrogen) atoms. The number of likely N-dealkylation sites (tertiary alicyclic amines) is 1. The Kier molecular flexibility index (Phi) is 8.43. The van der Waals surface area contributed by atoms with Crippen molar-refractivity contribution in [3.8, 4) is 5.75 Å². The van der Waals surface area contributed by atoms with E-state index in [0.717, 1.165) is 32.6 Å². The summed E-state index contributed by atoms with van der Waals surface area (Å²) in [6, 6.07) is 0.963. The number of aromatic hydroxyl groups is 1. The number of hydrogen-bond donors (Lipinski definition) is 5. The van der Waals surface area contributed by atoms with Gasteiger partial charge in [0.05, 0.1) is 18.3 Å². The third-order valence-electron chi connectivity index (χ3n) is 9.92. The molecule has 5 rings (SSSR count). The second-order valence-corrected chi connectivity index (χ2v) is 12.9. The van der Waals surface area contributed by atoms with Crippen LogP contribution in [0.1, 0.15) is 61.0 Å². The molecular weight excluding hydrogens is 576 g/mol. The van der Waals surface area contributed by atoms with Crippen molar-refractivity contribution in [3.05, 3.63) is 50.4 Å². The number of nitrogens with two attached hydrogens (primary N) is 1. The Balaban J connectivity index is 1.54. The van der Waals surface area contributed by atoms with Crippen molar-refractivity contribution in [2.24, 2.45) is 17.6 Å². The van der Waals surface area contributed by atoms with Gasteiger partial charge in [0.2, 0.25) is 5.78 Å². The first kappa shape index (κ1) is 31.5. The predicted molar refractivity (Wildman–Crippen MR) is 160 cm³/mol. The van der Waals surface area contributed by atoms with E-state index in [1.54, 1.807) is 14.1 Å². The van der Waals surface area contributed by atoms with E-state index in [-0.39, 0.29) is 29.7 Å².